The molecule has 13 nitrogen and oxygen atoms in total. The highest BCUT2D eigenvalue weighted by Crippen LogP contribution is 2.61. The molecule has 2 saturated heterocycles. The molecule has 2 aliphatic rings. The summed E-state index contributed by atoms with van der Waals surface area (Å²) >= 11 is 0. The van der Waals surface area contributed by atoms with Crippen LogP contribution in [0.2, 0.25) is 0 Å². The number of imidazole rings is 1. The van der Waals surface area contributed by atoms with Gasteiger partial charge in [0.2, 0.25) is 5.72 Å². The third-order valence-electron chi connectivity index (χ3n) is 4.22. The molecule has 28 heavy (non-hydrogen) atoms. The molecule has 0 aromatic carbocycles. The van der Waals surface area contributed by atoms with Crippen LogP contribution in [-0.2, 0) is 22.9 Å². The third-order valence-corrected chi connectivity index (χ3v) is 5.83. The van der Waals surface area contributed by atoms with Crippen LogP contribution in [0.4, 0.5) is 10.2 Å². The second-order valence-electron chi connectivity index (χ2n) is 6.47. The predicted octanol–water partition coefficient (Wildman–Crippen LogP) is 2.23. The van der Waals surface area contributed by atoms with E-state index in [0.29, 0.717) is 0 Å². The maximum Gasteiger partial charge on any atom is 0.475 e. The number of halogens is 1. The van der Waals surface area contributed by atoms with Crippen molar-refractivity contribution in [1.29, 1.82) is 0 Å². The molecule has 0 saturated carbocycles. The number of ether oxygens (including phenoxy) is 1. The fourth-order valence-electron chi connectivity index (χ4n) is 3.10. The SMILES string of the molecule is CC(C)OP1(=O)OC[C@@]2(N=[N+]=[N-])O[C@@H](n3cnc4c(N)ncnc43)[C@H](F)[C@@H]2O1. The van der Waals surface area contributed by atoms with Gasteiger partial charge in [-0.3, -0.25) is 18.1 Å². The van der Waals surface area contributed by atoms with Crippen LogP contribution in [0.3, 0.4) is 0 Å². The van der Waals surface area contributed by atoms with Gasteiger partial charge in [-0.2, -0.15) is 0 Å². The van der Waals surface area contributed by atoms with Crippen molar-refractivity contribution in [3.05, 3.63) is 23.1 Å². The van der Waals surface area contributed by atoms with Gasteiger partial charge >= 0.3 is 7.82 Å². The number of nitrogen functional groups attached to an aromatic ring is 1. The van der Waals surface area contributed by atoms with Gasteiger partial charge in [0.1, 0.15) is 17.9 Å². The van der Waals surface area contributed by atoms with E-state index in [9.17, 15) is 4.57 Å². The van der Waals surface area contributed by atoms with Gasteiger partial charge in [-0.1, -0.05) is 5.11 Å². The number of azide groups is 1. The largest absolute Gasteiger partial charge is 0.475 e. The van der Waals surface area contributed by atoms with Crippen molar-refractivity contribution >= 4 is 24.8 Å². The number of alkyl halides is 1. The van der Waals surface area contributed by atoms with E-state index in [4.69, 9.17) is 29.6 Å². The molecule has 2 fully saturated rings. The number of nitrogens with two attached hydrogens (primary N) is 1. The van der Waals surface area contributed by atoms with E-state index >= 15 is 4.39 Å². The first-order valence-electron chi connectivity index (χ1n) is 8.21. The minimum Gasteiger partial charge on any atom is -0.382 e. The monoisotopic (exact) mass is 414 g/mol. The van der Waals surface area contributed by atoms with Crippen molar-refractivity contribution < 1.29 is 27.3 Å². The van der Waals surface area contributed by atoms with Crippen molar-refractivity contribution in [2.45, 2.75) is 44.2 Å². The second-order valence-corrected chi connectivity index (χ2v) is 8.05. The van der Waals surface area contributed by atoms with Crippen molar-refractivity contribution in [3.63, 3.8) is 0 Å². The molecule has 2 N–H and O–H groups in total. The minimum atomic E-state index is -4.08. The van der Waals surface area contributed by atoms with Crippen LogP contribution in [0, 0.1) is 0 Å². The Labute approximate surface area is 157 Å². The number of hydrogen-bond donors (Lipinski definition) is 1. The van der Waals surface area contributed by atoms with Crippen molar-refractivity contribution in [1.82, 2.24) is 19.5 Å². The Morgan fingerprint density at radius 3 is 3.04 bits per heavy atom. The zero-order valence-corrected chi connectivity index (χ0v) is 15.6. The Hall–Kier alpha value is -2.34. The molecule has 0 radical (unpaired) electrons. The van der Waals surface area contributed by atoms with Crippen LogP contribution >= 0.6 is 7.82 Å². The van der Waals surface area contributed by atoms with Gasteiger partial charge in [-0.05, 0) is 19.4 Å². The Morgan fingerprint density at radius 2 is 2.32 bits per heavy atom. The number of phosphoric ester groups is 1. The summed E-state index contributed by atoms with van der Waals surface area (Å²) in [4.78, 5) is 14.6. The summed E-state index contributed by atoms with van der Waals surface area (Å²) < 4.78 is 50.6. The average molecular weight is 414 g/mol. The highest BCUT2D eigenvalue weighted by Gasteiger charge is 2.63. The van der Waals surface area contributed by atoms with Crippen LogP contribution in [0.25, 0.3) is 21.6 Å². The summed E-state index contributed by atoms with van der Waals surface area (Å²) in [5.74, 6) is 0.105. The summed E-state index contributed by atoms with van der Waals surface area (Å²) in [6.45, 7) is 2.71. The van der Waals surface area contributed by atoms with Crippen LogP contribution in [0.5, 0.6) is 0 Å². The first-order valence-corrected chi connectivity index (χ1v) is 9.67. The molecule has 2 aromatic heterocycles. The Bertz CT molecular complexity index is 1010. The normalized spacial score (nSPS) is 35.1. The summed E-state index contributed by atoms with van der Waals surface area (Å²) in [6.07, 6.45) is -2.86. The lowest BCUT2D eigenvalue weighted by Gasteiger charge is -2.36. The van der Waals surface area contributed by atoms with E-state index in [1.165, 1.54) is 17.2 Å². The molecule has 0 bridgehead atoms. The van der Waals surface area contributed by atoms with E-state index in [-0.39, 0.29) is 17.0 Å². The first-order chi connectivity index (χ1) is 13.3. The maximum absolute atomic E-state index is 15.4. The van der Waals surface area contributed by atoms with Crippen LogP contribution in [0.1, 0.15) is 20.1 Å². The fraction of sp³-hybridized carbons (Fsp3) is 0.615. The standard InChI is InChI=1S/C13H16FN8O5P/c1-6(2)26-28(23)24-3-13(20-21-16)9(27-28)7(14)12(25-13)22-5-19-8-10(15)17-4-18-11(8)22/h4-7,9,12H,3H2,1-2H3,(H2,15,17,18)/t7-,9+,12-,13-,28?/m1/s1. The first kappa shape index (κ1) is 19.0. The van der Waals surface area contributed by atoms with Crippen LogP contribution in [-0.4, -0.2) is 50.2 Å². The number of aromatic nitrogens is 4. The van der Waals surface area contributed by atoms with Crippen molar-refractivity contribution in [3.8, 4) is 0 Å². The lowest BCUT2D eigenvalue weighted by molar-refractivity contribution is -0.143. The quantitative estimate of drug-likeness (QED) is 0.340. The van der Waals surface area contributed by atoms with Gasteiger partial charge in [-0.15, -0.1) is 0 Å². The number of nitrogens with zero attached hydrogens (tertiary/aromatic N) is 7. The van der Waals surface area contributed by atoms with Crippen molar-refractivity contribution in [2.24, 2.45) is 5.11 Å². The van der Waals surface area contributed by atoms with Gasteiger partial charge in [0.05, 0.1) is 19.0 Å². The van der Waals surface area contributed by atoms with Gasteiger partial charge in [0, 0.05) is 4.91 Å². The zero-order valence-electron chi connectivity index (χ0n) is 14.7. The summed E-state index contributed by atoms with van der Waals surface area (Å²) in [7, 11) is -4.08. The Morgan fingerprint density at radius 1 is 1.54 bits per heavy atom. The maximum atomic E-state index is 15.4. The molecule has 150 valence electrons. The van der Waals surface area contributed by atoms with E-state index in [1.807, 2.05) is 0 Å². The minimum absolute atomic E-state index is 0.105. The van der Waals surface area contributed by atoms with Crippen LogP contribution in [0.15, 0.2) is 17.8 Å². The fourth-order valence-corrected chi connectivity index (χ4v) is 4.69. The molecule has 2 aliphatic heterocycles. The Kier molecular flexibility index (Phi) is 4.49. The zero-order chi connectivity index (χ0) is 20.1. The molecule has 4 heterocycles. The smallest absolute Gasteiger partial charge is 0.382 e. The molecule has 15 heteroatoms. The van der Waals surface area contributed by atoms with Gasteiger partial charge in [-0.25, -0.2) is 23.9 Å². The summed E-state index contributed by atoms with van der Waals surface area (Å²) in [6, 6.07) is 0. The molecular formula is C13H16FN8O5P. The number of anilines is 1. The highest BCUT2D eigenvalue weighted by atomic mass is 31.2. The number of rotatable bonds is 4. The molecule has 0 spiro atoms. The number of phosphoric acid groups is 1. The Balaban J connectivity index is 1.74. The molecular weight excluding hydrogens is 398 g/mol. The molecule has 0 aliphatic carbocycles. The second kappa shape index (κ2) is 6.62. The highest BCUT2D eigenvalue weighted by molar-refractivity contribution is 7.48. The average Bonchev–Trinajstić information content (AvgIpc) is 3.16. The molecule has 1 unspecified atom stereocenters. The number of fused-ring (bicyclic) bond motifs is 2. The lowest BCUT2D eigenvalue weighted by atomic mass is 10.1. The molecule has 5 atom stereocenters. The van der Waals surface area contributed by atoms with Gasteiger partial charge in [0.15, 0.2) is 23.9 Å². The molecule has 0 amide bonds. The van der Waals surface area contributed by atoms with E-state index in [1.54, 1.807) is 13.8 Å². The van der Waals surface area contributed by atoms with Crippen molar-refractivity contribution in [2.75, 3.05) is 12.3 Å². The number of hydrogen-bond acceptors (Lipinski definition) is 10. The summed E-state index contributed by atoms with van der Waals surface area (Å²) in [5, 5.41) is 3.53. The molecule has 2 aromatic rings. The predicted molar refractivity (Wildman–Crippen MR) is 91.3 cm³/mol. The lowest BCUT2D eigenvalue weighted by Crippen LogP contribution is -2.48. The van der Waals surface area contributed by atoms with Crippen LogP contribution < -0.4 is 5.73 Å². The molecule has 4 rings (SSSR count). The van der Waals surface area contributed by atoms with E-state index in [2.05, 4.69) is 25.0 Å². The third kappa shape index (κ3) is 2.91. The van der Waals surface area contributed by atoms with Gasteiger partial charge < -0.3 is 10.5 Å². The van der Waals surface area contributed by atoms with Gasteiger partial charge in [0.25, 0.3) is 0 Å². The summed E-state index contributed by atoms with van der Waals surface area (Å²) in [5.41, 5.74) is 13.3. The van der Waals surface area contributed by atoms with E-state index in [0.717, 1.165) is 0 Å². The topological polar surface area (TPSA) is 172 Å². The van der Waals surface area contributed by atoms with E-state index < -0.39 is 44.8 Å².